The topological polar surface area (TPSA) is 38.3 Å². The molecule has 0 aliphatic heterocycles. The van der Waals surface area contributed by atoms with Gasteiger partial charge >= 0.3 is 0 Å². The zero-order valence-corrected chi connectivity index (χ0v) is 11.6. The first-order valence-corrected chi connectivity index (χ1v) is 6.57. The Bertz CT molecular complexity index is 388. The summed E-state index contributed by atoms with van der Waals surface area (Å²) in [4.78, 5) is 11.4. The number of hydrogen-bond donors (Lipinski definition) is 1. The molecule has 0 aromatic heterocycles. The van der Waals surface area contributed by atoms with E-state index in [0.717, 1.165) is 31.6 Å². The molecular weight excluding hydrogens is 226 g/mol. The number of carbonyl (C=O) groups is 1. The van der Waals surface area contributed by atoms with E-state index in [9.17, 15) is 4.79 Å². The van der Waals surface area contributed by atoms with Crippen LogP contribution in [0.15, 0.2) is 18.2 Å². The molecular formula is C15H23NO2. The zero-order valence-electron chi connectivity index (χ0n) is 11.6. The molecule has 1 aromatic carbocycles. The van der Waals surface area contributed by atoms with E-state index < -0.39 is 0 Å². The van der Waals surface area contributed by atoms with Gasteiger partial charge < -0.3 is 10.1 Å². The molecule has 0 aliphatic rings. The van der Waals surface area contributed by atoms with Gasteiger partial charge in [-0.05, 0) is 49.4 Å². The standard InChI is InChI=1S/C15H23NO2/c1-4-10-16-15(17)7-5-6-13-8-9-14(18-3)11-12(13)2/h8-9,11H,4-7,10H2,1-3H3,(H,16,17). The van der Waals surface area contributed by atoms with Crippen molar-refractivity contribution < 1.29 is 9.53 Å². The minimum atomic E-state index is 0.156. The molecule has 0 radical (unpaired) electrons. The van der Waals surface area contributed by atoms with Crippen LogP contribution in [-0.2, 0) is 11.2 Å². The van der Waals surface area contributed by atoms with Crippen molar-refractivity contribution in [1.29, 1.82) is 0 Å². The molecule has 0 unspecified atom stereocenters. The lowest BCUT2D eigenvalue weighted by Crippen LogP contribution is -2.23. The summed E-state index contributed by atoms with van der Waals surface area (Å²) in [7, 11) is 1.67. The lowest BCUT2D eigenvalue weighted by molar-refractivity contribution is -0.121. The van der Waals surface area contributed by atoms with Crippen molar-refractivity contribution in [2.75, 3.05) is 13.7 Å². The molecule has 0 saturated carbocycles. The van der Waals surface area contributed by atoms with E-state index >= 15 is 0 Å². The summed E-state index contributed by atoms with van der Waals surface area (Å²) < 4.78 is 5.17. The normalized spacial score (nSPS) is 10.2. The molecule has 0 saturated heterocycles. The number of amides is 1. The third-order valence-corrected chi connectivity index (χ3v) is 2.97. The van der Waals surface area contributed by atoms with Crippen molar-refractivity contribution in [2.24, 2.45) is 0 Å². The van der Waals surface area contributed by atoms with E-state index in [-0.39, 0.29) is 5.91 Å². The average molecular weight is 249 g/mol. The quantitative estimate of drug-likeness (QED) is 0.807. The van der Waals surface area contributed by atoms with Crippen molar-refractivity contribution in [3.63, 3.8) is 0 Å². The summed E-state index contributed by atoms with van der Waals surface area (Å²) in [5.74, 6) is 1.04. The van der Waals surface area contributed by atoms with Crippen LogP contribution in [0.1, 0.15) is 37.3 Å². The second-order valence-electron chi connectivity index (χ2n) is 4.50. The summed E-state index contributed by atoms with van der Waals surface area (Å²) in [5, 5.41) is 2.89. The predicted octanol–water partition coefficient (Wildman–Crippen LogP) is 2.85. The Balaban J connectivity index is 2.37. The maximum Gasteiger partial charge on any atom is 0.220 e. The van der Waals surface area contributed by atoms with Crippen LogP contribution in [0.2, 0.25) is 0 Å². The van der Waals surface area contributed by atoms with Gasteiger partial charge in [-0.15, -0.1) is 0 Å². The summed E-state index contributed by atoms with van der Waals surface area (Å²) in [6.07, 6.45) is 3.42. The molecule has 1 rings (SSSR count). The first-order chi connectivity index (χ1) is 8.67. The van der Waals surface area contributed by atoms with E-state index in [2.05, 4.69) is 25.2 Å². The predicted molar refractivity (Wildman–Crippen MR) is 74.0 cm³/mol. The van der Waals surface area contributed by atoms with E-state index in [1.165, 1.54) is 11.1 Å². The van der Waals surface area contributed by atoms with Gasteiger partial charge in [-0.2, -0.15) is 0 Å². The van der Waals surface area contributed by atoms with Gasteiger partial charge in [-0.3, -0.25) is 4.79 Å². The SMILES string of the molecule is CCCNC(=O)CCCc1ccc(OC)cc1C. The number of benzene rings is 1. The molecule has 0 heterocycles. The van der Waals surface area contributed by atoms with Crippen LogP contribution in [-0.4, -0.2) is 19.6 Å². The monoisotopic (exact) mass is 249 g/mol. The zero-order chi connectivity index (χ0) is 13.4. The van der Waals surface area contributed by atoms with Crippen LogP contribution in [0.4, 0.5) is 0 Å². The Hall–Kier alpha value is -1.51. The molecule has 0 spiro atoms. The third kappa shape index (κ3) is 4.78. The summed E-state index contributed by atoms with van der Waals surface area (Å²) in [6.45, 7) is 4.91. The molecule has 1 amide bonds. The third-order valence-electron chi connectivity index (χ3n) is 2.97. The molecule has 1 aromatic rings. The molecule has 100 valence electrons. The van der Waals surface area contributed by atoms with Crippen LogP contribution in [0, 0.1) is 6.92 Å². The number of carbonyl (C=O) groups excluding carboxylic acids is 1. The molecule has 18 heavy (non-hydrogen) atoms. The van der Waals surface area contributed by atoms with E-state index in [1.807, 2.05) is 12.1 Å². The van der Waals surface area contributed by atoms with Gasteiger partial charge in [0.1, 0.15) is 5.75 Å². The highest BCUT2D eigenvalue weighted by atomic mass is 16.5. The van der Waals surface area contributed by atoms with E-state index in [0.29, 0.717) is 6.42 Å². The van der Waals surface area contributed by atoms with Crippen molar-refractivity contribution in [2.45, 2.75) is 39.5 Å². The molecule has 0 bridgehead atoms. The fraction of sp³-hybridized carbons (Fsp3) is 0.533. The molecule has 3 heteroatoms. The Morgan fingerprint density at radius 1 is 1.39 bits per heavy atom. The number of hydrogen-bond acceptors (Lipinski definition) is 2. The van der Waals surface area contributed by atoms with Crippen molar-refractivity contribution in [3.8, 4) is 5.75 Å². The van der Waals surface area contributed by atoms with Gasteiger partial charge in [-0.25, -0.2) is 0 Å². The van der Waals surface area contributed by atoms with E-state index in [1.54, 1.807) is 7.11 Å². The number of aryl methyl sites for hydroxylation is 2. The Kier molecular flexibility index (Phi) is 6.26. The number of rotatable bonds is 7. The maximum atomic E-state index is 11.4. The summed E-state index contributed by atoms with van der Waals surface area (Å²) in [5.41, 5.74) is 2.52. The van der Waals surface area contributed by atoms with Crippen LogP contribution < -0.4 is 10.1 Å². The maximum absolute atomic E-state index is 11.4. The van der Waals surface area contributed by atoms with Crippen LogP contribution >= 0.6 is 0 Å². The smallest absolute Gasteiger partial charge is 0.220 e. The minimum absolute atomic E-state index is 0.156. The fourth-order valence-electron chi connectivity index (χ4n) is 1.87. The van der Waals surface area contributed by atoms with Gasteiger partial charge in [-0.1, -0.05) is 13.0 Å². The highest BCUT2D eigenvalue weighted by molar-refractivity contribution is 5.75. The van der Waals surface area contributed by atoms with Gasteiger partial charge in [0.15, 0.2) is 0 Å². The largest absolute Gasteiger partial charge is 0.497 e. The van der Waals surface area contributed by atoms with Gasteiger partial charge in [0, 0.05) is 13.0 Å². The molecule has 3 nitrogen and oxygen atoms in total. The van der Waals surface area contributed by atoms with Gasteiger partial charge in [0.2, 0.25) is 5.91 Å². The minimum Gasteiger partial charge on any atom is -0.497 e. The van der Waals surface area contributed by atoms with Gasteiger partial charge in [0.05, 0.1) is 7.11 Å². The lowest BCUT2D eigenvalue weighted by atomic mass is 10.0. The fourth-order valence-corrected chi connectivity index (χ4v) is 1.87. The molecule has 0 aliphatic carbocycles. The van der Waals surface area contributed by atoms with Crippen LogP contribution in [0.25, 0.3) is 0 Å². The first kappa shape index (κ1) is 14.6. The highest BCUT2D eigenvalue weighted by Crippen LogP contribution is 2.18. The van der Waals surface area contributed by atoms with Crippen LogP contribution in [0.3, 0.4) is 0 Å². The van der Waals surface area contributed by atoms with Crippen molar-refractivity contribution in [3.05, 3.63) is 29.3 Å². The molecule has 0 fully saturated rings. The second kappa shape index (κ2) is 7.75. The summed E-state index contributed by atoms with van der Waals surface area (Å²) in [6, 6.07) is 6.09. The lowest BCUT2D eigenvalue weighted by Gasteiger charge is -2.08. The number of methoxy groups -OCH3 is 1. The van der Waals surface area contributed by atoms with Crippen molar-refractivity contribution in [1.82, 2.24) is 5.32 Å². The molecule has 0 atom stereocenters. The Labute approximate surface area is 110 Å². The number of ether oxygens (including phenoxy) is 1. The first-order valence-electron chi connectivity index (χ1n) is 6.57. The summed E-state index contributed by atoms with van der Waals surface area (Å²) >= 11 is 0. The highest BCUT2D eigenvalue weighted by Gasteiger charge is 2.03. The Morgan fingerprint density at radius 2 is 2.17 bits per heavy atom. The second-order valence-corrected chi connectivity index (χ2v) is 4.50. The van der Waals surface area contributed by atoms with E-state index in [4.69, 9.17) is 4.74 Å². The Morgan fingerprint density at radius 3 is 2.78 bits per heavy atom. The van der Waals surface area contributed by atoms with Crippen molar-refractivity contribution >= 4 is 5.91 Å². The van der Waals surface area contributed by atoms with Gasteiger partial charge in [0.25, 0.3) is 0 Å². The van der Waals surface area contributed by atoms with Crippen LogP contribution in [0.5, 0.6) is 5.75 Å². The number of nitrogens with one attached hydrogen (secondary N) is 1. The average Bonchev–Trinajstić information content (AvgIpc) is 2.38. The molecule has 1 N–H and O–H groups in total.